The van der Waals surface area contributed by atoms with E-state index in [0.717, 1.165) is 36.8 Å². The second-order valence-corrected chi connectivity index (χ2v) is 9.14. The van der Waals surface area contributed by atoms with E-state index in [4.69, 9.17) is 4.74 Å². The molecule has 1 heterocycles. The first kappa shape index (κ1) is 21.6. The fourth-order valence-electron chi connectivity index (χ4n) is 4.83. The highest BCUT2D eigenvalue weighted by atomic mass is 16.5. The van der Waals surface area contributed by atoms with E-state index in [1.165, 1.54) is 0 Å². The molecule has 5 heteroatoms. The maximum Gasteiger partial charge on any atom is 0.256 e. The van der Waals surface area contributed by atoms with E-state index >= 15 is 0 Å². The molecule has 2 atom stereocenters. The second-order valence-electron chi connectivity index (χ2n) is 9.14. The van der Waals surface area contributed by atoms with Crippen LogP contribution in [0.5, 0.6) is 0 Å². The molecule has 1 aliphatic heterocycles. The Morgan fingerprint density at radius 3 is 2.48 bits per heavy atom. The third-order valence-corrected chi connectivity index (χ3v) is 6.76. The fraction of sp³-hybridized carbons (Fsp3) is 0.462. The summed E-state index contributed by atoms with van der Waals surface area (Å²) < 4.78 is 6.28. The van der Waals surface area contributed by atoms with E-state index in [-0.39, 0.29) is 24.5 Å². The van der Waals surface area contributed by atoms with Crippen LogP contribution in [0.1, 0.15) is 67.1 Å². The van der Waals surface area contributed by atoms with Gasteiger partial charge in [0.25, 0.3) is 5.91 Å². The Morgan fingerprint density at radius 1 is 1.10 bits per heavy atom. The number of nitrogens with one attached hydrogen (secondary N) is 1. The molecule has 1 aliphatic carbocycles. The second kappa shape index (κ2) is 8.83. The summed E-state index contributed by atoms with van der Waals surface area (Å²) in [5.74, 6) is 0.326. The third kappa shape index (κ3) is 4.38. The van der Waals surface area contributed by atoms with Crippen LogP contribution < -0.4 is 5.32 Å². The Bertz CT molecular complexity index is 935. The lowest BCUT2D eigenvalue weighted by Crippen LogP contribution is -2.57. The summed E-state index contributed by atoms with van der Waals surface area (Å²) in [5.41, 5.74) is 1.98. The van der Waals surface area contributed by atoms with Gasteiger partial charge in [-0.05, 0) is 63.1 Å². The lowest BCUT2D eigenvalue weighted by Gasteiger charge is -2.43. The van der Waals surface area contributed by atoms with Crippen LogP contribution in [0.3, 0.4) is 0 Å². The lowest BCUT2D eigenvalue weighted by atomic mass is 9.83. The summed E-state index contributed by atoms with van der Waals surface area (Å²) in [4.78, 5) is 28.8. The molecular formula is C26H32N2O3. The molecular weight excluding hydrogens is 388 g/mol. The Hall–Kier alpha value is -2.66. The van der Waals surface area contributed by atoms with Crippen LogP contribution in [0.15, 0.2) is 54.6 Å². The summed E-state index contributed by atoms with van der Waals surface area (Å²) in [6, 6.07) is 16.7. The quantitative estimate of drug-likeness (QED) is 0.785. The highest BCUT2D eigenvalue weighted by Gasteiger charge is 2.53. The first-order valence-electron chi connectivity index (χ1n) is 11.3. The van der Waals surface area contributed by atoms with Crippen LogP contribution in [0, 0.1) is 12.8 Å². The standard InChI is InChI=1S/C26H32N2O3/c1-18-12-14-26(15-13-18)28(25(30)22-11-7-8-19(2)16-22)23(17-31-26)24(29)27-20(3)21-9-5-4-6-10-21/h4-11,16,18,20,23H,12-15,17H2,1-3H3,(H,27,29)/t18?,20-,23-,26?/m0/s1. The predicted octanol–water partition coefficient (Wildman–Crippen LogP) is 4.62. The molecule has 5 nitrogen and oxygen atoms in total. The number of hydrogen-bond acceptors (Lipinski definition) is 3. The minimum atomic E-state index is -0.689. The Morgan fingerprint density at radius 2 is 1.81 bits per heavy atom. The van der Waals surface area contributed by atoms with Gasteiger partial charge in [-0.25, -0.2) is 0 Å². The van der Waals surface area contributed by atoms with Crippen molar-refractivity contribution in [2.24, 2.45) is 5.92 Å². The number of ether oxygens (including phenoxy) is 1. The molecule has 1 N–H and O–H groups in total. The highest BCUT2D eigenvalue weighted by Crippen LogP contribution is 2.43. The van der Waals surface area contributed by atoms with Crippen molar-refractivity contribution in [1.29, 1.82) is 0 Å². The van der Waals surface area contributed by atoms with Crippen molar-refractivity contribution in [2.75, 3.05) is 6.61 Å². The van der Waals surface area contributed by atoms with Crippen LogP contribution in [0.2, 0.25) is 0 Å². The smallest absolute Gasteiger partial charge is 0.256 e. The minimum Gasteiger partial charge on any atom is -0.353 e. The van der Waals surface area contributed by atoms with Gasteiger partial charge in [-0.15, -0.1) is 0 Å². The van der Waals surface area contributed by atoms with Gasteiger partial charge in [0.2, 0.25) is 5.91 Å². The Kier molecular flexibility index (Phi) is 6.15. The molecule has 2 aliphatic rings. The van der Waals surface area contributed by atoms with E-state index in [2.05, 4.69) is 12.2 Å². The molecule has 0 radical (unpaired) electrons. The summed E-state index contributed by atoms with van der Waals surface area (Å²) in [7, 11) is 0. The molecule has 1 saturated heterocycles. The van der Waals surface area contributed by atoms with Crippen LogP contribution in [-0.4, -0.2) is 35.1 Å². The predicted molar refractivity (Wildman–Crippen MR) is 120 cm³/mol. The Balaban J connectivity index is 1.61. The largest absolute Gasteiger partial charge is 0.353 e. The minimum absolute atomic E-state index is 0.122. The molecule has 4 rings (SSSR count). The Labute approximate surface area is 184 Å². The van der Waals surface area contributed by atoms with Crippen LogP contribution in [-0.2, 0) is 9.53 Å². The molecule has 2 aromatic carbocycles. The third-order valence-electron chi connectivity index (χ3n) is 6.76. The van der Waals surface area contributed by atoms with Gasteiger partial charge in [-0.2, -0.15) is 0 Å². The van der Waals surface area contributed by atoms with Crippen LogP contribution >= 0.6 is 0 Å². The summed E-state index contributed by atoms with van der Waals surface area (Å²) in [6.45, 7) is 6.41. The van der Waals surface area contributed by atoms with E-state index < -0.39 is 11.8 Å². The number of aryl methyl sites for hydroxylation is 1. The van der Waals surface area contributed by atoms with Crippen molar-refractivity contribution >= 4 is 11.8 Å². The number of hydrogen-bond donors (Lipinski definition) is 1. The topological polar surface area (TPSA) is 58.6 Å². The molecule has 164 valence electrons. The van der Waals surface area contributed by atoms with E-state index in [1.807, 2.05) is 68.4 Å². The van der Waals surface area contributed by atoms with Gasteiger partial charge in [-0.1, -0.05) is 55.0 Å². The first-order valence-corrected chi connectivity index (χ1v) is 11.3. The van der Waals surface area contributed by atoms with Gasteiger partial charge in [0.15, 0.2) is 0 Å². The van der Waals surface area contributed by atoms with E-state index in [1.54, 1.807) is 4.90 Å². The van der Waals surface area contributed by atoms with Crippen molar-refractivity contribution in [3.8, 4) is 0 Å². The highest BCUT2D eigenvalue weighted by molar-refractivity contribution is 5.98. The maximum absolute atomic E-state index is 13.7. The zero-order chi connectivity index (χ0) is 22.0. The molecule has 2 amide bonds. The molecule has 0 unspecified atom stereocenters. The van der Waals surface area contributed by atoms with Crippen molar-refractivity contribution in [3.63, 3.8) is 0 Å². The van der Waals surface area contributed by atoms with Gasteiger partial charge in [0, 0.05) is 5.56 Å². The van der Waals surface area contributed by atoms with Crippen molar-refractivity contribution in [1.82, 2.24) is 10.2 Å². The number of rotatable bonds is 4. The van der Waals surface area contributed by atoms with Crippen molar-refractivity contribution in [3.05, 3.63) is 71.3 Å². The molecule has 0 aromatic heterocycles. The lowest BCUT2D eigenvalue weighted by molar-refractivity contribution is -0.128. The van der Waals surface area contributed by atoms with E-state index in [0.29, 0.717) is 11.5 Å². The zero-order valence-corrected chi connectivity index (χ0v) is 18.6. The monoisotopic (exact) mass is 420 g/mol. The molecule has 1 spiro atoms. The number of benzene rings is 2. The summed E-state index contributed by atoms with van der Waals surface area (Å²) in [6.07, 6.45) is 3.52. The van der Waals surface area contributed by atoms with Crippen LogP contribution in [0.25, 0.3) is 0 Å². The molecule has 2 aromatic rings. The zero-order valence-electron chi connectivity index (χ0n) is 18.6. The summed E-state index contributed by atoms with van der Waals surface area (Å²) in [5, 5.41) is 3.10. The van der Waals surface area contributed by atoms with Gasteiger partial charge >= 0.3 is 0 Å². The molecule has 2 fully saturated rings. The maximum atomic E-state index is 13.7. The number of nitrogens with zero attached hydrogens (tertiary/aromatic N) is 1. The summed E-state index contributed by atoms with van der Waals surface area (Å²) >= 11 is 0. The fourth-order valence-corrected chi connectivity index (χ4v) is 4.83. The average molecular weight is 421 g/mol. The van der Waals surface area contributed by atoms with Crippen molar-refractivity contribution in [2.45, 2.75) is 64.3 Å². The van der Waals surface area contributed by atoms with Crippen LogP contribution in [0.4, 0.5) is 0 Å². The van der Waals surface area contributed by atoms with Gasteiger partial charge in [-0.3, -0.25) is 14.5 Å². The number of carbonyl (C=O) groups excluding carboxylic acids is 2. The molecule has 1 saturated carbocycles. The van der Waals surface area contributed by atoms with Gasteiger partial charge < -0.3 is 10.1 Å². The van der Waals surface area contributed by atoms with Crippen molar-refractivity contribution < 1.29 is 14.3 Å². The SMILES string of the molecule is Cc1cccc(C(=O)N2[C@H](C(=O)N[C@@H](C)c3ccccc3)COC23CCC(C)CC3)c1. The normalized spacial score (nSPS) is 26.6. The number of carbonyl (C=O) groups is 2. The average Bonchev–Trinajstić information content (AvgIpc) is 3.15. The van der Waals surface area contributed by atoms with E-state index in [9.17, 15) is 9.59 Å². The van der Waals surface area contributed by atoms with Gasteiger partial charge in [0.05, 0.1) is 12.6 Å². The molecule has 0 bridgehead atoms. The number of amides is 2. The first-order chi connectivity index (χ1) is 14.9. The molecule has 31 heavy (non-hydrogen) atoms. The van der Waals surface area contributed by atoms with Gasteiger partial charge in [0.1, 0.15) is 11.8 Å².